The Bertz CT molecular complexity index is 283. The Morgan fingerprint density at radius 2 is 1.39 bits per heavy atom. The maximum atomic E-state index is 4.34. The minimum Gasteiger partial charge on any atom is -0.340 e. The van der Waals surface area contributed by atoms with Crippen molar-refractivity contribution in [1.82, 2.24) is 0 Å². The summed E-state index contributed by atoms with van der Waals surface area (Å²) in [5.41, 5.74) is 0. The molecule has 1 radical (unpaired) electrons. The summed E-state index contributed by atoms with van der Waals surface area (Å²) in [4.78, 5) is 0. The predicted molar refractivity (Wildman–Crippen MR) is 75.5 cm³/mol. The third-order valence-corrected chi connectivity index (χ3v) is 5.41. The van der Waals surface area contributed by atoms with Crippen LogP contribution >= 0.6 is 0 Å². The minimum atomic E-state index is 0. The summed E-state index contributed by atoms with van der Waals surface area (Å²) in [5.74, 6) is 6.99. The van der Waals surface area contributed by atoms with Crippen LogP contribution in [0.25, 0.3) is 0 Å². The molecule has 0 spiro atoms. The molecule has 4 bridgehead atoms. The first-order chi connectivity index (χ1) is 8.34. The van der Waals surface area contributed by atoms with Crippen LogP contribution in [0.2, 0.25) is 0 Å². The summed E-state index contributed by atoms with van der Waals surface area (Å²) in [6.07, 6.45) is 9.50. The molecule has 18 heavy (non-hydrogen) atoms. The van der Waals surface area contributed by atoms with Gasteiger partial charge >= 0.3 is 0 Å². The summed E-state index contributed by atoms with van der Waals surface area (Å²) in [6, 6.07) is 0. The maximum absolute atomic E-state index is 4.34. The first-order valence-electron chi connectivity index (χ1n) is 7.86. The second-order valence-corrected chi connectivity index (χ2v) is 5.76. The van der Waals surface area contributed by atoms with Crippen LogP contribution in [0.5, 0.6) is 0 Å². The van der Waals surface area contributed by atoms with Gasteiger partial charge in [-0.05, 0) is 42.4 Å². The molecule has 0 saturated heterocycles. The van der Waals surface area contributed by atoms with Crippen molar-refractivity contribution in [1.29, 1.82) is 0 Å². The van der Waals surface area contributed by atoms with Crippen molar-refractivity contribution in [3.05, 3.63) is 19.1 Å². The molecule has 1 heteroatoms. The van der Waals surface area contributed by atoms with E-state index in [9.17, 15) is 0 Å². The molecular weight excluding hydrogens is 293 g/mol. The van der Waals surface area contributed by atoms with Gasteiger partial charge in [-0.3, -0.25) is 0 Å². The third kappa shape index (κ3) is 2.41. The van der Waals surface area contributed by atoms with Gasteiger partial charge in [0.1, 0.15) is 0 Å². The molecule has 0 aromatic heterocycles. The summed E-state index contributed by atoms with van der Waals surface area (Å²) in [6.45, 7) is 12.3. The predicted octanol–water partition coefficient (Wildman–Crippen LogP) is 4.96. The molecule has 0 aromatic carbocycles. The van der Waals surface area contributed by atoms with Gasteiger partial charge in [-0.2, -0.15) is 5.92 Å². The molecule has 0 nitrogen and oxygen atoms in total. The summed E-state index contributed by atoms with van der Waals surface area (Å²) in [7, 11) is 0. The van der Waals surface area contributed by atoms with E-state index in [2.05, 4.69) is 19.1 Å². The van der Waals surface area contributed by atoms with Crippen molar-refractivity contribution < 1.29 is 32.7 Å². The fourth-order valence-corrected chi connectivity index (χ4v) is 5.15. The molecule has 0 aromatic rings. The van der Waals surface area contributed by atoms with Crippen LogP contribution in [-0.4, -0.2) is 0 Å². The molecule has 4 aliphatic carbocycles. The van der Waals surface area contributed by atoms with E-state index in [1.54, 1.807) is 0 Å². The van der Waals surface area contributed by atoms with Crippen LogP contribution in [-0.2, 0) is 32.7 Å². The number of allylic oxidation sites excluding steroid dienone is 2. The van der Waals surface area contributed by atoms with Crippen molar-refractivity contribution in [3.8, 4) is 0 Å². The summed E-state index contributed by atoms with van der Waals surface area (Å²) in [5, 5.41) is 0. The van der Waals surface area contributed by atoms with Gasteiger partial charge in [0.25, 0.3) is 0 Å². The van der Waals surface area contributed by atoms with Gasteiger partial charge in [0.05, 0.1) is 0 Å². The van der Waals surface area contributed by atoms with E-state index in [1.165, 1.54) is 19.3 Å². The molecule has 0 amide bonds. The molecule has 101 valence electrons. The summed E-state index contributed by atoms with van der Waals surface area (Å²) < 4.78 is 0. The van der Waals surface area contributed by atoms with Gasteiger partial charge in [0.15, 0.2) is 0 Å². The monoisotopic (exact) mass is 322 g/mol. The second-order valence-electron chi connectivity index (χ2n) is 5.76. The molecule has 0 aliphatic heterocycles. The Hall–Kier alpha value is 0.844. The number of hydrogen-bond donors (Lipinski definition) is 0. The second kappa shape index (κ2) is 7.03. The van der Waals surface area contributed by atoms with Gasteiger partial charge in [-0.1, -0.05) is 52.2 Å². The van der Waals surface area contributed by atoms with E-state index in [0.717, 1.165) is 41.4 Å². The first kappa shape index (κ1) is 16.9. The maximum Gasteiger partial charge on any atom is 0 e. The average Bonchev–Trinajstić information content (AvgIpc) is 3.11. The molecule has 3 fully saturated rings. The Labute approximate surface area is 139 Å². The molecule has 7 unspecified atom stereocenters. The molecule has 4 rings (SSSR count). The van der Waals surface area contributed by atoms with Crippen LogP contribution in [0.1, 0.15) is 47.0 Å². The average molecular weight is 322 g/mol. The van der Waals surface area contributed by atoms with E-state index < -0.39 is 0 Å². The molecule has 4 aliphatic rings. The SMILES string of the molecule is CC.CC.[CH2-]C1CC2CC1C1C3C=CC(C3)C21.[Y]. The van der Waals surface area contributed by atoms with Crippen LogP contribution in [0.3, 0.4) is 0 Å². The Balaban J connectivity index is 0.000000299. The van der Waals surface area contributed by atoms with Gasteiger partial charge < -0.3 is 6.92 Å². The minimum absolute atomic E-state index is 0. The van der Waals surface area contributed by atoms with E-state index in [4.69, 9.17) is 0 Å². The van der Waals surface area contributed by atoms with Crippen molar-refractivity contribution in [2.45, 2.75) is 47.0 Å². The Kier molecular flexibility index (Phi) is 6.60. The van der Waals surface area contributed by atoms with Crippen molar-refractivity contribution in [3.63, 3.8) is 0 Å². The summed E-state index contributed by atoms with van der Waals surface area (Å²) >= 11 is 0. The van der Waals surface area contributed by atoms with Gasteiger partial charge in [-0.15, -0.1) is 0 Å². The van der Waals surface area contributed by atoms with Gasteiger partial charge in [0, 0.05) is 32.7 Å². The molecule has 0 N–H and O–H groups in total. The normalized spacial score (nSPS) is 48.6. The Morgan fingerprint density at radius 1 is 0.833 bits per heavy atom. The number of fused-ring (bicyclic) bond motifs is 9. The standard InChI is InChI=1S/C13H17.2C2H6.Y/c1-7-4-10-6-11(7)13-9-3-2-8(5-9)12(10)13;2*1-2;/h2-3,7-13H,1,4-6H2;2*1-2H3;/q-1;;;. The van der Waals surface area contributed by atoms with Crippen LogP contribution < -0.4 is 0 Å². The number of rotatable bonds is 0. The first-order valence-corrected chi connectivity index (χ1v) is 7.86. The van der Waals surface area contributed by atoms with Crippen LogP contribution in [0.15, 0.2) is 12.2 Å². The van der Waals surface area contributed by atoms with Crippen molar-refractivity contribution >= 4 is 0 Å². The van der Waals surface area contributed by atoms with Crippen molar-refractivity contribution in [2.24, 2.45) is 41.4 Å². The zero-order chi connectivity index (χ0) is 12.6. The number of hydrogen-bond acceptors (Lipinski definition) is 0. The van der Waals surface area contributed by atoms with E-state index in [0.29, 0.717) is 0 Å². The van der Waals surface area contributed by atoms with Crippen LogP contribution in [0.4, 0.5) is 0 Å². The molecular formula is C17H29Y-. The molecule has 3 saturated carbocycles. The topological polar surface area (TPSA) is 0 Å². The van der Waals surface area contributed by atoms with E-state index in [-0.39, 0.29) is 32.7 Å². The zero-order valence-corrected chi connectivity index (χ0v) is 15.4. The fourth-order valence-electron chi connectivity index (χ4n) is 5.15. The molecule has 0 heterocycles. The van der Waals surface area contributed by atoms with Crippen LogP contribution in [0, 0.1) is 48.3 Å². The molecule has 7 atom stereocenters. The quantitative estimate of drug-likeness (QED) is 0.336. The van der Waals surface area contributed by atoms with Gasteiger partial charge in [0.2, 0.25) is 0 Å². The van der Waals surface area contributed by atoms with Gasteiger partial charge in [-0.25, -0.2) is 0 Å². The zero-order valence-electron chi connectivity index (χ0n) is 12.6. The Morgan fingerprint density at radius 3 is 2.00 bits per heavy atom. The van der Waals surface area contributed by atoms with Crippen molar-refractivity contribution in [2.75, 3.05) is 0 Å². The smallest absolute Gasteiger partial charge is 0 e. The fraction of sp³-hybridized carbons (Fsp3) is 0.824. The van der Waals surface area contributed by atoms with E-state index >= 15 is 0 Å². The van der Waals surface area contributed by atoms with E-state index in [1.807, 2.05) is 27.7 Å². The largest absolute Gasteiger partial charge is 0.340 e. The third-order valence-electron chi connectivity index (χ3n) is 5.41.